The van der Waals surface area contributed by atoms with Crippen LogP contribution in [0.4, 0.5) is 11.4 Å². The number of ether oxygens (including phenoxy) is 1. The lowest BCUT2D eigenvalue weighted by Gasteiger charge is -2.28. The SMILES string of the molecule is COc1ccc(Cl)cc1NC(=O)C1=CCC(=O)N(c2ccc(Cl)cc2)N1. The number of hydrazine groups is 1. The average Bonchev–Trinajstić information content (AvgIpc) is 2.63. The fraction of sp³-hybridized carbons (Fsp3) is 0.111. The number of hydrogen-bond acceptors (Lipinski definition) is 4. The first kappa shape index (κ1) is 18.1. The molecule has 0 saturated heterocycles. The second kappa shape index (κ2) is 7.68. The Labute approximate surface area is 160 Å². The van der Waals surface area contributed by atoms with E-state index in [4.69, 9.17) is 27.9 Å². The number of carbonyl (C=O) groups is 2. The third-order valence-corrected chi connectivity index (χ3v) is 4.19. The van der Waals surface area contributed by atoms with E-state index in [1.54, 1.807) is 42.5 Å². The van der Waals surface area contributed by atoms with Gasteiger partial charge in [-0.25, -0.2) is 5.01 Å². The number of benzene rings is 2. The van der Waals surface area contributed by atoms with E-state index in [1.807, 2.05) is 0 Å². The molecule has 1 heterocycles. The van der Waals surface area contributed by atoms with Crippen LogP contribution in [0.25, 0.3) is 0 Å². The molecule has 2 aromatic carbocycles. The normalized spacial score (nSPS) is 13.7. The molecule has 26 heavy (non-hydrogen) atoms. The molecule has 6 nitrogen and oxygen atoms in total. The molecule has 134 valence electrons. The maximum atomic E-state index is 12.6. The molecular weight excluding hydrogens is 377 g/mol. The van der Waals surface area contributed by atoms with Crippen LogP contribution in [-0.2, 0) is 9.59 Å². The average molecular weight is 392 g/mol. The monoisotopic (exact) mass is 391 g/mol. The molecular formula is C18H15Cl2N3O3. The van der Waals surface area contributed by atoms with Crippen molar-refractivity contribution in [2.24, 2.45) is 0 Å². The van der Waals surface area contributed by atoms with Gasteiger partial charge in [0, 0.05) is 16.5 Å². The van der Waals surface area contributed by atoms with E-state index in [1.165, 1.54) is 18.2 Å². The number of amides is 2. The van der Waals surface area contributed by atoms with Crippen molar-refractivity contribution in [3.05, 3.63) is 64.3 Å². The summed E-state index contributed by atoms with van der Waals surface area (Å²) in [5.41, 5.74) is 4.08. The highest BCUT2D eigenvalue weighted by molar-refractivity contribution is 6.31. The zero-order valence-electron chi connectivity index (χ0n) is 13.8. The van der Waals surface area contributed by atoms with Gasteiger partial charge in [0.05, 0.1) is 18.5 Å². The van der Waals surface area contributed by atoms with Crippen LogP contribution in [0.5, 0.6) is 5.75 Å². The highest BCUT2D eigenvalue weighted by atomic mass is 35.5. The molecule has 0 unspecified atom stereocenters. The topological polar surface area (TPSA) is 70.7 Å². The zero-order valence-corrected chi connectivity index (χ0v) is 15.3. The van der Waals surface area contributed by atoms with Crippen LogP contribution in [0.15, 0.2) is 54.2 Å². The lowest BCUT2D eigenvalue weighted by Crippen LogP contribution is -2.47. The number of anilines is 2. The summed E-state index contributed by atoms with van der Waals surface area (Å²) in [5.74, 6) is -0.133. The molecule has 2 N–H and O–H groups in total. The quantitative estimate of drug-likeness (QED) is 0.831. The van der Waals surface area contributed by atoms with Crippen molar-refractivity contribution in [1.29, 1.82) is 0 Å². The van der Waals surface area contributed by atoms with Crippen LogP contribution in [0.2, 0.25) is 10.0 Å². The van der Waals surface area contributed by atoms with Gasteiger partial charge in [0.1, 0.15) is 11.4 Å². The third-order valence-electron chi connectivity index (χ3n) is 3.70. The van der Waals surface area contributed by atoms with Crippen molar-refractivity contribution in [1.82, 2.24) is 5.43 Å². The van der Waals surface area contributed by atoms with Gasteiger partial charge < -0.3 is 10.1 Å². The lowest BCUT2D eigenvalue weighted by atomic mass is 10.2. The fourth-order valence-electron chi connectivity index (χ4n) is 2.42. The maximum Gasteiger partial charge on any atom is 0.273 e. The van der Waals surface area contributed by atoms with E-state index >= 15 is 0 Å². The van der Waals surface area contributed by atoms with E-state index in [0.717, 1.165) is 0 Å². The molecule has 1 aliphatic heterocycles. The molecule has 1 aliphatic rings. The smallest absolute Gasteiger partial charge is 0.273 e. The Morgan fingerprint density at radius 2 is 1.85 bits per heavy atom. The summed E-state index contributed by atoms with van der Waals surface area (Å²) in [6.45, 7) is 0. The van der Waals surface area contributed by atoms with Crippen LogP contribution >= 0.6 is 23.2 Å². The number of rotatable bonds is 4. The van der Waals surface area contributed by atoms with Crippen molar-refractivity contribution < 1.29 is 14.3 Å². The molecule has 2 amide bonds. The maximum absolute atomic E-state index is 12.6. The van der Waals surface area contributed by atoms with Gasteiger partial charge in [-0.15, -0.1) is 0 Å². The van der Waals surface area contributed by atoms with E-state index in [9.17, 15) is 9.59 Å². The largest absolute Gasteiger partial charge is 0.495 e. The minimum Gasteiger partial charge on any atom is -0.495 e. The minimum absolute atomic E-state index is 0.0884. The van der Waals surface area contributed by atoms with Gasteiger partial charge in [0.25, 0.3) is 5.91 Å². The van der Waals surface area contributed by atoms with E-state index < -0.39 is 5.91 Å². The predicted octanol–water partition coefficient (Wildman–Crippen LogP) is 3.77. The van der Waals surface area contributed by atoms with Gasteiger partial charge in [-0.2, -0.15) is 0 Å². The molecule has 2 aromatic rings. The van der Waals surface area contributed by atoms with Crippen molar-refractivity contribution >= 4 is 46.4 Å². The number of hydrogen-bond donors (Lipinski definition) is 2. The van der Waals surface area contributed by atoms with Crippen LogP contribution in [0, 0.1) is 0 Å². The van der Waals surface area contributed by atoms with Crippen molar-refractivity contribution in [3.8, 4) is 5.75 Å². The van der Waals surface area contributed by atoms with Gasteiger partial charge in [-0.3, -0.25) is 15.0 Å². The fourth-order valence-corrected chi connectivity index (χ4v) is 2.72. The summed E-state index contributed by atoms with van der Waals surface area (Å²) in [7, 11) is 1.50. The number of methoxy groups -OCH3 is 1. The van der Waals surface area contributed by atoms with Crippen molar-refractivity contribution in [3.63, 3.8) is 0 Å². The lowest BCUT2D eigenvalue weighted by molar-refractivity contribution is -0.119. The van der Waals surface area contributed by atoms with Gasteiger partial charge in [0.2, 0.25) is 5.91 Å². The Bertz CT molecular complexity index is 882. The Balaban J connectivity index is 1.79. The first-order chi connectivity index (χ1) is 12.5. The molecule has 0 aromatic heterocycles. The van der Waals surface area contributed by atoms with Crippen LogP contribution in [0.3, 0.4) is 0 Å². The number of nitrogens with zero attached hydrogens (tertiary/aromatic N) is 1. The Morgan fingerprint density at radius 1 is 1.15 bits per heavy atom. The minimum atomic E-state index is -0.419. The molecule has 0 aliphatic carbocycles. The highest BCUT2D eigenvalue weighted by Crippen LogP contribution is 2.28. The zero-order chi connectivity index (χ0) is 18.7. The molecule has 0 radical (unpaired) electrons. The molecule has 0 fully saturated rings. The Kier molecular flexibility index (Phi) is 5.35. The summed E-state index contributed by atoms with van der Waals surface area (Å²) in [5, 5.41) is 5.05. The van der Waals surface area contributed by atoms with E-state index in [2.05, 4.69) is 10.7 Å². The molecule has 0 bridgehead atoms. The predicted molar refractivity (Wildman–Crippen MR) is 101 cm³/mol. The second-order valence-electron chi connectivity index (χ2n) is 5.44. The second-order valence-corrected chi connectivity index (χ2v) is 6.31. The van der Waals surface area contributed by atoms with Gasteiger partial charge in [-0.05, 0) is 48.5 Å². The van der Waals surface area contributed by atoms with Crippen molar-refractivity contribution in [2.75, 3.05) is 17.4 Å². The van der Waals surface area contributed by atoms with Gasteiger partial charge >= 0.3 is 0 Å². The Hall–Kier alpha value is -2.70. The number of halogens is 2. The van der Waals surface area contributed by atoms with Crippen LogP contribution < -0.4 is 20.5 Å². The number of nitrogens with one attached hydrogen (secondary N) is 2. The first-order valence-electron chi connectivity index (χ1n) is 7.68. The van der Waals surface area contributed by atoms with Gasteiger partial charge in [0.15, 0.2) is 0 Å². The van der Waals surface area contributed by atoms with Crippen LogP contribution in [-0.4, -0.2) is 18.9 Å². The van der Waals surface area contributed by atoms with Crippen LogP contribution in [0.1, 0.15) is 6.42 Å². The molecule has 0 spiro atoms. The van der Waals surface area contributed by atoms with Gasteiger partial charge in [-0.1, -0.05) is 23.2 Å². The summed E-state index contributed by atoms with van der Waals surface area (Å²) < 4.78 is 5.22. The molecule has 0 atom stereocenters. The standard InChI is InChI=1S/C18H15Cl2N3O3/c1-26-16-8-4-12(20)10-15(16)21-18(25)14-7-9-17(24)23(22-14)13-5-2-11(19)3-6-13/h2-8,10,22H,9H2,1H3,(H,21,25). The number of carbonyl (C=O) groups excluding carboxylic acids is 2. The summed E-state index contributed by atoms with van der Waals surface area (Å²) in [4.78, 5) is 24.8. The molecule has 8 heteroatoms. The Morgan fingerprint density at radius 3 is 2.54 bits per heavy atom. The van der Waals surface area contributed by atoms with E-state index in [0.29, 0.717) is 27.2 Å². The molecule has 3 rings (SSSR count). The molecule has 0 saturated carbocycles. The first-order valence-corrected chi connectivity index (χ1v) is 8.44. The van der Waals surface area contributed by atoms with Crippen molar-refractivity contribution in [2.45, 2.75) is 6.42 Å². The van der Waals surface area contributed by atoms with E-state index in [-0.39, 0.29) is 18.0 Å². The highest BCUT2D eigenvalue weighted by Gasteiger charge is 2.24. The summed E-state index contributed by atoms with van der Waals surface area (Å²) in [6.07, 6.45) is 1.62. The summed E-state index contributed by atoms with van der Waals surface area (Å²) >= 11 is 11.9. The third kappa shape index (κ3) is 3.92. The summed E-state index contributed by atoms with van der Waals surface area (Å²) in [6, 6.07) is 11.6.